The molecule has 1 N–H and O–H groups in total. The van der Waals surface area contributed by atoms with E-state index in [1.165, 1.54) is 0 Å². The van der Waals surface area contributed by atoms with Gasteiger partial charge in [-0.1, -0.05) is 17.3 Å². The molecule has 7 nitrogen and oxygen atoms in total. The number of benzene rings is 2. The zero-order chi connectivity index (χ0) is 19.7. The molecule has 28 heavy (non-hydrogen) atoms. The van der Waals surface area contributed by atoms with Gasteiger partial charge >= 0.3 is 0 Å². The molecule has 2 aromatic heterocycles. The van der Waals surface area contributed by atoms with Crippen LogP contribution in [0.2, 0.25) is 0 Å². The van der Waals surface area contributed by atoms with E-state index in [9.17, 15) is 4.79 Å². The summed E-state index contributed by atoms with van der Waals surface area (Å²) in [7, 11) is 0. The third-order valence-electron chi connectivity index (χ3n) is 4.34. The van der Waals surface area contributed by atoms with Crippen LogP contribution in [0.25, 0.3) is 17.1 Å². The van der Waals surface area contributed by atoms with Crippen molar-refractivity contribution in [2.24, 2.45) is 0 Å². The predicted octanol–water partition coefficient (Wildman–Crippen LogP) is 4.10. The largest absolute Gasteiger partial charge is 0.339 e. The van der Waals surface area contributed by atoms with Crippen molar-refractivity contribution >= 4 is 11.6 Å². The van der Waals surface area contributed by atoms with Crippen LogP contribution in [-0.2, 0) is 0 Å². The third-order valence-corrected chi connectivity index (χ3v) is 4.34. The van der Waals surface area contributed by atoms with Crippen molar-refractivity contribution in [1.29, 1.82) is 0 Å². The van der Waals surface area contributed by atoms with E-state index in [4.69, 9.17) is 4.52 Å². The van der Waals surface area contributed by atoms with Crippen molar-refractivity contribution in [2.45, 2.75) is 20.8 Å². The lowest BCUT2D eigenvalue weighted by Crippen LogP contribution is -2.12. The van der Waals surface area contributed by atoms with Crippen LogP contribution in [0.4, 0.5) is 5.69 Å². The number of hydrogen-bond acceptors (Lipinski definition) is 5. The average molecular weight is 373 g/mol. The van der Waals surface area contributed by atoms with Crippen molar-refractivity contribution in [1.82, 2.24) is 19.9 Å². The maximum absolute atomic E-state index is 12.6. The number of aryl methyl sites for hydroxylation is 3. The highest BCUT2D eigenvalue weighted by Crippen LogP contribution is 2.20. The Labute approximate surface area is 162 Å². The summed E-state index contributed by atoms with van der Waals surface area (Å²) in [6, 6.07) is 15.3. The highest BCUT2D eigenvalue weighted by Gasteiger charge is 2.15. The summed E-state index contributed by atoms with van der Waals surface area (Å²) in [5, 5.41) is 11.3. The van der Waals surface area contributed by atoms with Crippen LogP contribution in [0.5, 0.6) is 0 Å². The number of aromatic nitrogens is 4. The molecule has 0 atom stereocenters. The molecule has 2 aromatic carbocycles. The number of carbonyl (C=O) groups excluding carboxylic acids is 1. The number of nitrogens with zero attached hydrogens (tertiary/aromatic N) is 4. The van der Waals surface area contributed by atoms with Crippen molar-refractivity contribution in [3.05, 3.63) is 77.4 Å². The first-order chi connectivity index (χ1) is 13.5. The molecule has 0 spiro atoms. The Morgan fingerprint density at radius 1 is 1.07 bits per heavy atom. The molecule has 4 aromatic rings. The Bertz CT molecular complexity index is 1140. The van der Waals surface area contributed by atoms with Gasteiger partial charge in [-0.15, -0.1) is 0 Å². The summed E-state index contributed by atoms with van der Waals surface area (Å²) >= 11 is 0. The fourth-order valence-electron chi connectivity index (χ4n) is 2.92. The Balaban J connectivity index is 1.56. The van der Waals surface area contributed by atoms with Gasteiger partial charge in [0.05, 0.1) is 16.9 Å². The molecular weight excluding hydrogens is 354 g/mol. The zero-order valence-corrected chi connectivity index (χ0v) is 15.8. The molecule has 1 amide bonds. The monoisotopic (exact) mass is 373 g/mol. The second-order valence-electron chi connectivity index (χ2n) is 6.58. The Hall–Kier alpha value is -3.74. The zero-order valence-electron chi connectivity index (χ0n) is 15.8. The van der Waals surface area contributed by atoms with Crippen LogP contribution in [-0.4, -0.2) is 25.8 Å². The van der Waals surface area contributed by atoms with Gasteiger partial charge in [-0.25, -0.2) is 4.68 Å². The number of anilines is 1. The van der Waals surface area contributed by atoms with Crippen LogP contribution in [0.15, 0.2) is 59.3 Å². The summed E-state index contributed by atoms with van der Waals surface area (Å²) in [6.07, 6.45) is 1.73. The van der Waals surface area contributed by atoms with Crippen molar-refractivity contribution in [3.63, 3.8) is 0 Å². The Morgan fingerprint density at radius 3 is 2.54 bits per heavy atom. The van der Waals surface area contributed by atoms with Crippen molar-refractivity contribution in [3.8, 4) is 17.1 Å². The maximum atomic E-state index is 12.6. The van der Waals surface area contributed by atoms with Crippen LogP contribution < -0.4 is 5.32 Å². The Kier molecular flexibility index (Phi) is 4.49. The van der Waals surface area contributed by atoms with E-state index in [1.807, 2.05) is 62.4 Å². The lowest BCUT2D eigenvalue weighted by atomic mass is 10.2. The van der Waals surface area contributed by atoms with E-state index in [0.29, 0.717) is 23.0 Å². The fourth-order valence-corrected chi connectivity index (χ4v) is 2.92. The molecule has 0 aliphatic carbocycles. The summed E-state index contributed by atoms with van der Waals surface area (Å²) < 4.78 is 6.70. The third kappa shape index (κ3) is 3.55. The molecule has 0 aliphatic heterocycles. The standard InChI is InChI=1S/C21H19N5O2/c1-13-5-4-6-17(11-13)23-21(27)19-12-26(24-14(19)2)18-9-7-16(8-10-18)20-22-15(3)28-25-20/h4-12H,1-3H3,(H,23,27). The minimum Gasteiger partial charge on any atom is -0.339 e. The molecule has 0 saturated carbocycles. The summed E-state index contributed by atoms with van der Waals surface area (Å²) in [5.41, 5.74) is 4.71. The van der Waals surface area contributed by atoms with Gasteiger partial charge in [0.25, 0.3) is 5.91 Å². The number of amides is 1. The van der Waals surface area contributed by atoms with E-state index >= 15 is 0 Å². The van der Waals surface area contributed by atoms with E-state index in [2.05, 4.69) is 20.6 Å². The molecule has 0 bridgehead atoms. The molecular formula is C21H19N5O2. The molecule has 140 valence electrons. The second kappa shape index (κ2) is 7.11. The smallest absolute Gasteiger partial charge is 0.259 e. The molecule has 2 heterocycles. The molecule has 0 unspecified atom stereocenters. The van der Waals surface area contributed by atoms with E-state index in [0.717, 1.165) is 22.5 Å². The Morgan fingerprint density at radius 2 is 1.86 bits per heavy atom. The van der Waals surface area contributed by atoms with E-state index in [-0.39, 0.29) is 5.91 Å². The molecule has 0 saturated heterocycles. The quantitative estimate of drug-likeness (QED) is 0.582. The van der Waals surface area contributed by atoms with Crippen LogP contribution >= 0.6 is 0 Å². The first-order valence-corrected chi connectivity index (χ1v) is 8.85. The number of nitrogens with one attached hydrogen (secondary N) is 1. The van der Waals surface area contributed by atoms with E-state index < -0.39 is 0 Å². The number of rotatable bonds is 4. The SMILES string of the molecule is Cc1cccc(NC(=O)c2cn(-c3ccc(-c4noc(C)n4)cc3)nc2C)c1. The van der Waals surface area contributed by atoms with Gasteiger partial charge in [-0.3, -0.25) is 4.79 Å². The topological polar surface area (TPSA) is 85.8 Å². The van der Waals surface area contributed by atoms with Gasteiger partial charge in [0.1, 0.15) is 0 Å². The second-order valence-corrected chi connectivity index (χ2v) is 6.58. The first kappa shape index (κ1) is 17.7. The van der Waals surface area contributed by atoms with Crippen LogP contribution in [0, 0.1) is 20.8 Å². The van der Waals surface area contributed by atoms with Gasteiger partial charge < -0.3 is 9.84 Å². The minimum atomic E-state index is -0.187. The lowest BCUT2D eigenvalue weighted by molar-refractivity contribution is 0.102. The van der Waals surface area contributed by atoms with Gasteiger partial charge in [0.15, 0.2) is 0 Å². The van der Waals surface area contributed by atoms with Gasteiger partial charge in [0.2, 0.25) is 11.7 Å². The summed E-state index contributed by atoms with van der Waals surface area (Å²) in [6.45, 7) is 5.55. The highest BCUT2D eigenvalue weighted by molar-refractivity contribution is 6.05. The maximum Gasteiger partial charge on any atom is 0.259 e. The van der Waals surface area contributed by atoms with Gasteiger partial charge in [-0.2, -0.15) is 10.1 Å². The summed E-state index contributed by atoms with van der Waals surface area (Å²) in [4.78, 5) is 16.9. The average Bonchev–Trinajstić information content (AvgIpc) is 3.28. The highest BCUT2D eigenvalue weighted by atomic mass is 16.5. The molecule has 0 radical (unpaired) electrons. The van der Waals surface area contributed by atoms with Crippen molar-refractivity contribution < 1.29 is 9.32 Å². The van der Waals surface area contributed by atoms with Gasteiger partial charge in [-0.05, 0) is 55.8 Å². The number of carbonyl (C=O) groups is 1. The van der Waals surface area contributed by atoms with E-state index in [1.54, 1.807) is 17.8 Å². The van der Waals surface area contributed by atoms with Crippen LogP contribution in [0.3, 0.4) is 0 Å². The van der Waals surface area contributed by atoms with Crippen molar-refractivity contribution in [2.75, 3.05) is 5.32 Å². The summed E-state index contributed by atoms with van der Waals surface area (Å²) in [5.74, 6) is 0.873. The lowest BCUT2D eigenvalue weighted by Gasteiger charge is -2.05. The van der Waals surface area contributed by atoms with Gasteiger partial charge in [0, 0.05) is 24.4 Å². The first-order valence-electron chi connectivity index (χ1n) is 8.85. The molecule has 4 rings (SSSR count). The predicted molar refractivity (Wildman–Crippen MR) is 105 cm³/mol. The molecule has 7 heteroatoms. The molecule has 0 aliphatic rings. The molecule has 0 fully saturated rings. The minimum absolute atomic E-state index is 0.187. The normalized spacial score (nSPS) is 10.8. The van der Waals surface area contributed by atoms with Crippen LogP contribution in [0.1, 0.15) is 27.5 Å². The number of hydrogen-bond donors (Lipinski definition) is 1. The fraction of sp³-hybridized carbons (Fsp3) is 0.143.